The number of hydrogen-bond donors (Lipinski definition) is 2. The van der Waals surface area contributed by atoms with E-state index in [1.807, 2.05) is 31.2 Å². The van der Waals surface area contributed by atoms with E-state index < -0.39 is 0 Å². The molecule has 1 amide bonds. The van der Waals surface area contributed by atoms with Crippen molar-refractivity contribution in [3.63, 3.8) is 0 Å². The molecule has 2 N–H and O–H groups in total. The van der Waals surface area contributed by atoms with Crippen LogP contribution in [0.25, 0.3) is 0 Å². The number of ether oxygens (including phenoxy) is 1. The zero-order valence-corrected chi connectivity index (χ0v) is 15.6. The van der Waals surface area contributed by atoms with Crippen LogP contribution >= 0.6 is 0 Å². The summed E-state index contributed by atoms with van der Waals surface area (Å²) in [4.78, 5) is 21.3. The number of hydrogen-bond acceptors (Lipinski definition) is 5. The van der Waals surface area contributed by atoms with Crippen LogP contribution in [0.1, 0.15) is 28.7 Å². The fourth-order valence-electron chi connectivity index (χ4n) is 2.59. The highest BCUT2D eigenvalue weighted by Gasteiger charge is 2.12. The number of amides is 1. The van der Waals surface area contributed by atoms with Crippen LogP contribution in [0.5, 0.6) is 5.75 Å². The van der Waals surface area contributed by atoms with Gasteiger partial charge in [0.15, 0.2) is 0 Å². The van der Waals surface area contributed by atoms with E-state index in [1.165, 1.54) is 5.56 Å². The average molecular weight is 362 g/mol. The van der Waals surface area contributed by atoms with Crippen LogP contribution in [0.2, 0.25) is 0 Å². The molecule has 0 aliphatic carbocycles. The molecule has 0 saturated carbocycles. The predicted molar refractivity (Wildman–Crippen MR) is 107 cm³/mol. The average Bonchev–Trinajstić information content (AvgIpc) is 2.68. The second-order valence-electron chi connectivity index (χ2n) is 6.08. The first-order valence-corrected chi connectivity index (χ1v) is 8.74. The molecular formula is C21H22N4O2. The van der Waals surface area contributed by atoms with E-state index in [0.717, 1.165) is 12.1 Å². The fraction of sp³-hybridized carbons (Fsp3) is 0.190. The zero-order valence-electron chi connectivity index (χ0n) is 15.6. The quantitative estimate of drug-likeness (QED) is 0.682. The van der Waals surface area contributed by atoms with Crippen LogP contribution in [0.4, 0.5) is 17.3 Å². The largest absolute Gasteiger partial charge is 0.497 e. The fourth-order valence-corrected chi connectivity index (χ4v) is 2.59. The van der Waals surface area contributed by atoms with Crippen LogP contribution < -0.4 is 15.4 Å². The Morgan fingerprint density at radius 2 is 1.81 bits per heavy atom. The van der Waals surface area contributed by atoms with Crippen molar-refractivity contribution >= 4 is 23.2 Å². The number of nitrogens with zero attached hydrogens (tertiary/aromatic N) is 2. The first-order chi connectivity index (χ1) is 13.1. The van der Waals surface area contributed by atoms with Gasteiger partial charge in [-0.2, -0.15) is 0 Å². The minimum Gasteiger partial charge on any atom is -0.497 e. The van der Waals surface area contributed by atoms with Gasteiger partial charge < -0.3 is 15.4 Å². The van der Waals surface area contributed by atoms with E-state index in [0.29, 0.717) is 23.1 Å². The van der Waals surface area contributed by atoms with E-state index in [1.54, 1.807) is 25.3 Å². The van der Waals surface area contributed by atoms with Gasteiger partial charge in [-0.25, -0.2) is 9.97 Å². The molecule has 1 heterocycles. The molecule has 138 valence electrons. The molecular weight excluding hydrogens is 340 g/mol. The van der Waals surface area contributed by atoms with Gasteiger partial charge in [-0.3, -0.25) is 4.79 Å². The van der Waals surface area contributed by atoms with Crippen molar-refractivity contribution in [1.29, 1.82) is 0 Å². The van der Waals surface area contributed by atoms with Crippen molar-refractivity contribution < 1.29 is 9.53 Å². The molecule has 1 aromatic heterocycles. The summed E-state index contributed by atoms with van der Waals surface area (Å²) in [6.45, 7) is 3.94. The van der Waals surface area contributed by atoms with E-state index in [9.17, 15) is 4.79 Å². The standard InChI is InChI=1S/C21H22N4O2/c1-4-15-8-10-16(11-9-15)24-21-22-14(2)12-19(25-21)20(26)23-17-6-5-7-18(13-17)27-3/h5-13H,4H2,1-3H3,(H,23,26)(H,22,24,25). The van der Waals surface area contributed by atoms with Gasteiger partial charge in [0, 0.05) is 23.1 Å². The van der Waals surface area contributed by atoms with E-state index in [2.05, 4.69) is 39.7 Å². The Morgan fingerprint density at radius 1 is 1.04 bits per heavy atom. The number of anilines is 3. The number of aryl methyl sites for hydroxylation is 2. The lowest BCUT2D eigenvalue weighted by atomic mass is 10.1. The molecule has 27 heavy (non-hydrogen) atoms. The summed E-state index contributed by atoms with van der Waals surface area (Å²) in [5.41, 5.74) is 3.76. The lowest BCUT2D eigenvalue weighted by Gasteiger charge is -2.10. The van der Waals surface area contributed by atoms with Crippen LogP contribution in [-0.4, -0.2) is 23.0 Å². The van der Waals surface area contributed by atoms with Gasteiger partial charge in [-0.05, 0) is 49.2 Å². The maximum atomic E-state index is 12.6. The number of rotatable bonds is 6. The monoisotopic (exact) mass is 362 g/mol. The maximum absolute atomic E-state index is 12.6. The molecule has 6 heteroatoms. The number of carbonyl (C=O) groups is 1. The molecule has 0 fully saturated rings. The van der Waals surface area contributed by atoms with Gasteiger partial charge in [-0.15, -0.1) is 0 Å². The molecule has 3 rings (SSSR count). The van der Waals surface area contributed by atoms with E-state index >= 15 is 0 Å². The summed E-state index contributed by atoms with van der Waals surface area (Å²) in [5.74, 6) is 0.748. The first-order valence-electron chi connectivity index (χ1n) is 8.74. The van der Waals surface area contributed by atoms with Crippen molar-refractivity contribution in [2.75, 3.05) is 17.7 Å². The van der Waals surface area contributed by atoms with Gasteiger partial charge in [-0.1, -0.05) is 25.1 Å². The molecule has 6 nitrogen and oxygen atoms in total. The molecule has 0 bridgehead atoms. The van der Waals surface area contributed by atoms with Crippen molar-refractivity contribution in [1.82, 2.24) is 9.97 Å². The highest BCUT2D eigenvalue weighted by atomic mass is 16.5. The van der Waals surface area contributed by atoms with E-state index in [-0.39, 0.29) is 11.6 Å². The topological polar surface area (TPSA) is 76.1 Å². The normalized spacial score (nSPS) is 10.3. The lowest BCUT2D eigenvalue weighted by Crippen LogP contribution is -2.15. The summed E-state index contributed by atoms with van der Waals surface area (Å²) in [6.07, 6.45) is 0.982. The van der Waals surface area contributed by atoms with Gasteiger partial charge in [0.1, 0.15) is 11.4 Å². The van der Waals surface area contributed by atoms with Crippen molar-refractivity contribution in [3.8, 4) is 5.75 Å². The number of methoxy groups -OCH3 is 1. The van der Waals surface area contributed by atoms with Crippen molar-refractivity contribution in [2.24, 2.45) is 0 Å². The van der Waals surface area contributed by atoms with Crippen molar-refractivity contribution in [2.45, 2.75) is 20.3 Å². The first kappa shape index (κ1) is 18.4. The third-order valence-corrected chi connectivity index (χ3v) is 4.03. The van der Waals surface area contributed by atoms with Crippen LogP contribution in [0, 0.1) is 6.92 Å². The Kier molecular flexibility index (Phi) is 5.66. The SMILES string of the molecule is CCc1ccc(Nc2nc(C)cc(C(=O)Nc3cccc(OC)c3)n2)cc1. The molecule has 3 aromatic rings. The van der Waals surface area contributed by atoms with Gasteiger partial charge in [0.2, 0.25) is 5.95 Å². The van der Waals surface area contributed by atoms with Gasteiger partial charge in [0.25, 0.3) is 5.91 Å². The lowest BCUT2D eigenvalue weighted by molar-refractivity contribution is 0.102. The third-order valence-electron chi connectivity index (χ3n) is 4.03. The smallest absolute Gasteiger partial charge is 0.274 e. The Labute approximate surface area is 158 Å². The molecule has 0 aliphatic heterocycles. The van der Waals surface area contributed by atoms with Crippen LogP contribution in [-0.2, 0) is 6.42 Å². The predicted octanol–water partition coefficient (Wildman–Crippen LogP) is 4.35. The molecule has 0 spiro atoms. The molecule has 0 aliphatic rings. The third kappa shape index (κ3) is 4.82. The zero-order chi connectivity index (χ0) is 19.2. The van der Waals surface area contributed by atoms with Gasteiger partial charge in [0.05, 0.1) is 7.11 Å². The van der Waals surface area contributed by atoms with Crippen molar-refractivity contribution in [3.05, 3.63) is 71.5 Å². The Balaban J connectivity index is 1.78. The summed E-state index contributed by atoms with van der Waals surface area (Å²) >= 11 is 0. The highest BCUT2D eigenvalue weighted by molar-refractivity contribution is 6.03. The second-order valence-corrected chi connectivity index (χ2v) is 6.08. The maximum Gasteiger partial charge on any atom is 0.274 e. The number of nitrogens with one attached hydrogen (secondary N) is 2. The summed E-state index contributed by atoms with van der Waals surface area (Å²) < 4.78 is 5.18. The molecule has 2 aromatic carbocycles. The Bertz CT molecular complexity index is 939. The minimum absolute atomic E-state index is 0.290. The molecule has 0 saturated heterocycles. The number of benzene rings is 2. The number of aromatic nitrogens is 2. The summed E-state index contributed by atoms with van der Waals surface area (Å²) in [5, 5.41) is 5.98. The summed E-state index contributed by atoms with van der Waals surface area (Å²) in [7, 11) is 1.58. The second kappa shape index (κ2) is 8.31. The molecule has 0 atom stereocenters. The summed E-state index contributed by atoms with van der Waals surface area (Å²) in [6, 6.07) is 16.9. The molecule has 0 unspecified atom stereocenters. The number of carbonyl (C=O) groups excluding carboxylic acids is 1. The minimum atomic E-state index is -0.307. The Hall–Kier alpha value is -3.41. The van der Waals surface area contributed by atoms with Crippen LogP contribution in [0.15, 0.2) is 54.6 Å². The van der Waals surface area contributed by atoms with Crippen LogP contribution in [0.3, 0.4) is 0 Å². The van der Waals surface area contributed by atoms with Gasteiger partial charge >= 0.3 is 0 Å². The molecule has 0 radical (unpaired) electrons. The highest BCUT2D eigenvalue weighted by Crippen LogP contribution is 2.19. The Morgan fingerprint density at radius 3 is 2.52 bits per heavy atom. The van der Waals surface area contributed by atoms with E-state index in [4.69, 9.17) is 4.74 Å².